The van der Waals surface area contributed by atoms with Crippen LogP contribution in [0.4, 0.5) is 5.82 Å². The van der Waals surface area contributed by atoms with E-state index in [4.69, 9.17) is 0 Å². The van der Waals surface area contributed by atoms with Crippen molar-refractivity contribution in [3.8, 4) is 0 Å². The van der Waals surface area contributed by atoms with E-state index in [9.17, 15) is 0 Å². The minimum atomic E-state index is 0.313. The van der Waals surface area contributed by atoms with Gasteiger partial charge in [0.05, 0.1) is 6.20 Å². The average Bonchev–Trinajstić information content (AvgIpc) is 2.87. The summed E-state index contributed by atoms with van der Waals surface area (Å²) in [6.45, 7) is 5.84. The summed E-state index contributed by atoms with van der Waals surface area (Å²) in [5.74, 6) is 2.01. The van der Waals surface area contributed by atoms with E-state index in [2.05, 4.69) is 55.4 Å². The molecule has 0 aliphatic heterocycles. The second-order valence-electron chi connectivity index (χ2n) is 4.54. The van der Waals surface area contributed by atoms with Gasteiger partial charge in [-0.25, -0.2) is 9.97 Å². The number of halogens is 1. The molecule has 102 valence electrons. The zero-order valence-electron chi connectivity index (χ0n) is 11.0. The van der Waals surface area contributed by atoms with Crippen molar-refractivity contribution in [1.82, 2.24) is 25.0 Å². The molecule has 2 aromatic rings. The van der Waals surface area contributed by atoms with Crippen LogP contribution in [-0.2, 0) is 6.54 Å². The minimum absolute atomic E-state index is 0.313. The fraction of sp³-hybridized carbons (Fsp3) is 0.500. The maximum absolute atomic E-state index is 4.48. The predicted octanol–water partition coefficient (Wildman–Crippen LogP) is 2.46. The van der Waals surface area contributed by atoms with E-state index in [1.807, 2.05) is 16.9 Å². The van der Waals surface area contributed by atoms with Crippen molar-refractivity contribution in [2.24, 2.45) is 0 Å². The van der Waals surface area contributed by atoms with E-state index >= 15 is 0 Å². The molecule has 0 bridgehead atoms. The third kappa shape index (κ3) is 4.27. The van der Waals surface area contributed by atoms with Crippen LogP contribution in [-0.4, -0.2) is 31.5 Å². The molecule has 2 heterocycles. The molecule has 19 heavy (non-hydrogen) atoms. The summed E-state index contributed by atoms with van der Waals surface area (Å²) in [5.41, 5.74) is 0. The highest BCUT2D eigenvalue weighted by Crippen LogP contribution is 2.17. The number of anilines is 1. The molecule has 0 saturated carbocycles. The molecule has 0 saturated heterocycles. The maximum Gasteiger partial charge on any atom is 0.134 e. The number of nitrogens with one attached hydrogen (secondary N) is 1. The highest BCUT2D eigenvalue weighted by molar-refractivity contribution is 9.10. The molecule has 0 spiro atoms. The fourth-order valence-corrected chi connectivity index (χ4v) is 1.99. The van der Waals surface area contributed by atoms with Crippen LogP contribution in [0.3, 0.4) is 0 Å². The Labute approximate surface area is 120 Å². The molecule has 2 aromatic heterocycles. The van der Waals surface area contributed by atoms with Gasteiger partial charge in [-0.2, -0.15) is 0 Å². The van der Waals surface area contributed by atoms with Gasteiger partial charge >= 0.3 is 0 Å². The van der Waals surface area contributed by atoms with Gasteiger partial charge in [-0.3, -0.25) is 4.68 Å². The molecule has 2 rings (SSSR count). The zero-order valence-corrected chi connectivity index (χ0v) is 12.6. The molecule has 0 atom stereocenters. The second-order valence-corrected chi connectivity index (χ2v) is 5.35. The first-order chi connectivity index (χ1) is 9.15. The lowest BCUT2D eigenvalue weighted by Crippen LogP contribution is -2.10. The van der Waals surface area contributed by atoms with Gasteiger partial charge in [0, 0.05) is 31.3 Å². The van der Waals surface area contributed by atoms with Gasteiger partial charge in [0.15, 0.2) is 0 Å². The molecular weight excluding hydrogens is 308 g/mol. The van der Waals surface area contributed by atoms with E-state index in [1.54, 1.807) is 6.20 Å². The first-order valence-electron chi connectivity index (χ1n) is 6.27. The Kier molecular flexibility index (Phi) is 4.84. The second kappa shape index (κ2) is 6.60. The summed E-state index contributed by atoms with van der Waals surface area (Å²) in [6, 6.07) is 1.89. The lowest BCUT2D eigenvalue weighted by Gasteiger charge is -2.09. The lowest BCUT2D eigenvalue weighted by molar-refractivity contribution is 0.569. The molecular formula is C12H17BrN6. The van der Waals surface area contributed by atoms with E-state index < -0.39 is 0 Å². The molecule has 0 aliphatic rings. The maximum atomic E-state index is 4.48. The molecule has 7 heteroatoms. The largest absolute Gasteiger partial charge is 0.370 e. The van der Waals surface area contributed by atoms with Gasteiger partial charge in [0.1, 0.15) is 16.2 Å². The van der Waals surface area contributed by atoms with Crippen LogP contribution in [0.1, 0.15) is 32.0 Å². The predicted molar refractivity (Wildman–Crippen MR) is 76.9 cm³/mol. The lowest BCUT2D eigenvalue weighted by atomic mass is 10.2. The molecule has 0 aliphatic carbocycles. The van der Waals surface area contributed by atoms with Gasteiger partial charge in [-0.15, -0.1) is 5.10 Å². The highest BCUT2D eigenvalue weighted by atomic mass is 79.9. The van der Waals surface area contributed by atoms with Gasteiger partial charge < -0.3 is 5.32 Å². The number of aryl methyl sites for hydroxylation is 1. The first kappa shape index (κ1) is 13.9. The van der Waals surface area contributed by atoms with E-state index in [1.165, 1.54) is 0 Å². The van der Waals surface area contributed by atoms with Crippen LogP contribution in [0.2, 0.25) is 0 Å². The standard InChI is InChI=1S/C12H17BrN6/c1-9(2)12-16-10(13)8-11(17-12)14-4-3-6-19-7-5-15-18-19/h5,7-9H,3-4,6H2,1-2H3,(H,14,16,17). The Morgan fingerprint density at radius 1 is 1.37 bits per heavy atom. The van der Waals surface area contributed by atoms with Gasteiger partial charge in [-0.1, -0.05) is 19.1 Å². The van der Waals surface area contributed by atoms with Crippen molar-refractivity contribution >= 4 is 21.7 Å². The Balaban J connectivity index is 1.85. The number of aromatic nitrogens is 5. The van der Waals surface area contributed by atoms with Crippen LogP contribution in [0.15, 0.2) is 23.1 Å². The average molecular weight is 325 g/mol. The first-order valence-corrected chi connectivity index (χ1v) is 7.07. The normalized spacial score (nSPS) is 10.9. The van der Waals surface area contributed by atoms with Crippen LogP contribution in [0.25, 0.3) is 0 Å². The summed E-state index contributed by atoms with van der Waals surface area (Å²) in [4.78, 5) is 8.83. The number of hydrogen-bond donors (Lipinski definition) is 1. The molecule has 0 amide bonds. The summed E-state index contributed by atoms with van der Waals surface area (Å²) >= 11 is 3.41. The van der Waals surface area contributed by atoms with E-state index in [-0.39, 0.29) is 0 Å². The zero-order chi connectivity index (χ0) is 13.7. The molecule has 0 fully saturated rings. The third-order valence-corrected chi connectivity index (χ3v) is 2.98. The van der Waals surface area contributed by atoms with Crippen molar-refractivity contribution in [3.63, 3.8) is 0 Å². The van der Waals surface area contributed by atoms with Crippen LogP contribution in [0.5, 0.6) is 0 Å². The molecule has 0 aromatic carbocycles. The number of nitrogens with zero attached hydrogens (tertiary/aromatic N) is 5. The van der Waals surface area contributed by atoms with E-state index in [0.717, 1.165) is 35.8 Å². The number of rotatable bonds is 6. The summed E-state index contributed by atoms with van der Waals surface area (Å²) in [6.07, 6.45) is 4.50. The van der Waals surface area contributed by atoms with Crippen molar-refractivity contribution in [2.45, 2.75) is 32.7 Å². The smallest absolute Gasteiger partial charge is 0.134 e. The Bertz CT molecular complexity index is 511. The molecule has 6 nitrogen and oxygen atoms in total. The summed E-state index contributed by atoms with van der Waals surface area (Å²) < 4.78 is 2.63. The van der Waals surface area contributed by atoms with Crippen molar-refractivity contribution in [3.05, 3.63) is 28.9 Å². The van der Waals surface area contributed by atoms with Gasteiger partial charge in [0.25, 0.3) is 0 Å². The Morgan fingerprint density at radius 3 is 2.89 bits per heavy atom. The van der Waals surface area contributed by atoms with Gasteiger partial charge in [-0.05, 0) is 22.4 Å². The highest BCUT2D eigenvalue weighted by Gasteiger charge is 2.06. The van der Waals surface area contributed by atoms with Crippen LogP contribution < -0.4 is 5.32 Å². The third-order valence-electron chi connectivity index (χ3n) is 2.57. The Hall–Kier alpha value is -1.50. The molecule has 0 unspecified atom stereocenters. The molecule has 1 N–H and O–H groups in total. The van der Waals surface area contributed by atoms with Crippen LogP contribution >= 0.6 is 15.9 Å². The quantitative estimate of drug-likeness (QED) is 0.653. The van der Waals surface area contributed by atoms with Crippen molar-refractivity contribution in [2.75, 3.05) is 11.9 Å². The topological polar surface area (TPSA) is 68.5 Å². The van der Waals surface area contributed by atoms with E-state index in [0.29, 0.717) is 5.92 Å². The summed E-state index contributed by atoms with van der Waals surface area (Å²) in [7, 11) is 0. The fourth-order valence-electron chi connectivity index (χ4n) is 1.59. The van der Waals surface area contributed by atoms with Crippen LogP contribution in [0, 0.1) is 0 Å². The molecule has 0 radical (unpaired) electrons. The van der Waals surface area contributed by atoms with Gasteiger partial charge in [0.2, 0.25) is 0 Å². The van der Waals surface area contributed by atoms with Crippen molar-refractivity contribution in [1.29, 1.82) is 0 Å². The van der Waals surface area contributed by atoms with Crippen molar-refractivity contribution < 1.29 is 0 Å². The Morgan fingerprint density at radius 2 is 2.21 bits per heavy atom. The number of hydrogen-bond acceptors (Lipinski definition) is 5. The minimum Gasteiger partial charge on any atom is -0.370 e. The monoisotopic (exact) mass is 324 g/mol. The summed E-state index contributed by atoms with van der Waals surface area (Å²) in [5, 5.41) is 11.0. The SMILES string of the molecule is CC(C)c1nc(Br)cc(NCCCn2ccnn2)n1.